The van der Waals surface area contributed by atoms with Gasteiger partial charge >= 0.3 is 185 Å². The molecule has 3 aromatic rings. The van der Waals surface area contributed by atoms with Gasteiger partial charge in [-0.15, -0.1) is 0 Å². The third kappa shape index (κ3) is 3.95. The Balaban J connectivity index is 1.91. The molecule has 1 heterocycles. The second-order valence-electron chi connectivity index (χ2n) is 9.44. The summed E-state index contributed by atoms with van der Waals surface area (Å²) in [4.78, 5) is 28.2. The van der Waals surface area contributed by atoms with E-state index in [1.165, 1.54) is 15.9 Å². The Bertz CT molecular complexity index is 962. The first-order valence-electron chi connectivity index (χ1n) is 10.8. The third-order valence-electron chi connectivity index (χ3n) is 6.48. The van der Waals surface area contributed by atoms with Gasteiger partial charge < -0.3 is 0 Å². The van der Waals surface area contributed by atoms with E-state index in [1.807, 2.05) is 39.0 Å². The molecule has 1 unspecified atom stereocenters. The monoisotopic (exact) mass is 431 g/mol. The molecule has 0 bridgehead atoms. The maximum absolute atomic E-state index is 13.5. The van der Waals surface area contributed by atoms with Crippen molar-refractivity contribution in [2.75, 3.05) is 6.29 Å². The third-order valence-corrected chi connectivity index (χ3v) is 11.2. The molecule has 1 aliphatic heterocycles. The molecule has 0 spiro atoms. The van der Waals surface area contributed by atoms with Crippen LogP contribution in [-0.2, 0) is 9.59 Å². The van der Waals surface area contributed by atoms with Gasteiger partial charge in [-0.2, -0.15) is 0 Å². The van der Waals surface area contributed by atoms with Crippen molar-refractivity contribution in [1.29, 1.82) is 0 Å². The zero-order chi connectivity index (χ0) is 22.1. The second-order valence-corrected chi connectivity index (χ2v) is 13.3. The van der Waals surface area contributed by atoms with E-state index in [9.17, 15) is 9.59 Å². The normalized spacial score (nSPS) is 17.8. The zero-order valence-electron chi connectivity index (χ0n) is 18.4. The van der Waals surface area contributed by atoms with Crippen LogP contribution in [0.3, 0.4) is 0 Å². The molecule has 4 heteroatoms. The molecule has 1 fully saturated rings. The van der Waals surface area contributed by atoms with E-state index in [-0.39, 0.29) is 23.1 Å². The Kier molecular flexibility index (Phi) is 5.81. The first kappa shape index (κ1) is 21.5. The van der Waals surface area contributed by atoms with Crippen molar-refractivity contribution in [1.82, 2.24) is 4.90 Å². The van der Waals surface area contributed by atoms with E-state index < -0.39 is 7.26 Å². The molecule has 4 rings (SSSR count). The zero-order valence-corrected chi connectivity index (χ0v) is 19.4. The summed E-state index contributed by atoms with van der Waals surface area (Å²) in [6.07, 6.45) is 0.723. The van der Waals surface area contributed by atoms with Gasteiger partial charge in [0.25, 0.3) is 0 Å². The Morgan fingerprint density at radius 3 is 1.45 bits per heavy atom. The molecule has 0 saturated carbocycles. The van der Waals surface area contributed by atoms with E-state index in [1.54, 1.807) is 4.90 Å². The standard InChI is InChI=1S/C27H30NO2P/c1-27(2,3)24-19-25(29)28(26(24)30)20-31(21-13-7-4-8-14-21,22-15-9-5-10-16-22)23-17-11-6-12-18-23/h4-18,24,31H,19-20H2,1-3H3. The molecular weight excluding hydrogens is 401 g/mol. The number of rotatable bonds is 5. The van der Waals surface area contributed by atoms with Crippen molar-refractivity contribution in [2.45, 2.75) is 27.2 Å². The van der Waals surface area contributed by atoms with E-state index in [0.29, 0.717) is 12.7 Å². The first-order chi connectivity index (χ1) is 14.8. The maximum atomic E-state index is 13.5. The summed E-state index contributed by atoms with van der Waals surface area (Å²) >= 11 is 0. The van der Waals surface area contributed by atoms with Gasteiger partial charge in [-0.25, -0.2) is 0 Å². The number of hydrogen-bond acceptors (Lipinski definition) is 2. The Morgan fingerprint density at radius 2 is 1.13 bits per heavy atom. The molecule has 0 aromatic heterocycles. The van der Waals surface area contributed by atoms with E-state index in [0.717, 1.165) is 0 Å². The first-order valence-corrected chi connectivity index (χ1v) is 13.1. The summed E-state index contributed by atoms with van der Waals surface area (Å²) in [5.74, 6) is -0.351. The number of benzene rings is 3. The fraction of sp³-hybridized carbons (Fsp3) is 0.259. The molecule has 1 aliphatic rings. The topological polar surface area (TPSA) is 37.4 Å². The molecule has 1 saturated heterocycles. The van der Waals surface area contributed by atoms with Crippen LogP contribution in [0.15, 0.2) is 91.0 Å². The van der Waals surface area contributed by atoms with Crippen molar-refractivity contribution in [2.24, 2.45) is 11.3 Å². The number of hydrogen-bond donors (Lipinski definition) is 0. The molecule has 0 aliphatic carbocycles. The van der Waals surface area contributed by atoms with Crippen LogP contribution in [0.5, 0.6) is 0 Å². The van der Waals surface area contributed by atoms with Gasteiger partial charge in [0.1, 0.15) is 0 Å². The van der Waals surface area contributed by atoms with E-state index in [2.05, 4.69) is 72.8 Å². The molecule has 3 aromatic carbocycles. The average molecular weight is 432 g/mol. The molecule has 31 heavy (non-hydrogen) atoms. The summed E-state index contributed by atoms with van der Waals surface area (Å²) in [5.41, 5.74) is -0.238. The van der Waals surface area contributed by atoms with Gasteiger partial charge in [0.2, 0.25) is 0 Å². The number of likely N-dealkylation sites (tertiary alicyclic amines) is 1. The number of imide groups is 1. The van der Waals surface area contributed by atoms with Crippen molar-refractivity contribution in [3.63, 3.8) is 0 Å². The van der Waals surface area contributed by atoms with Gasteiger partial charge in [-0.05, 0) is 0 Å². The summed E-state index contributed by atoms with van der Waals surface area (Å²) in [5, 5.41) is 3.60. The second kappa shape index (κ2) is 8.40. The molecule has 160 valence electrons. The van der Waals surface area contributed by atoms with Crippen LogP contribution in [-0.4, -0.2) is 23.0 Å². The molecular formula is C27H30NO2P. The SMILES string of the molecule is CC(C)(C)C1CC(=O)N(C[PH](c2ccccc2)(c2ccccc2)c2ccccc2)C1=O. The van der Waals surface area contributed by atoms with Crippen LogP contribution in [0.2, 0.25) is 0 Å². The fourth-order valence-electron chi connectivity index (χ4n) is 4.70. The van der Waals surface area contributed by atoms with Crippen LogP contribution in [0.4, 0.5) is 0 Å². The number of carbonyl (C=O) groups excluding carboxylic acids is 2. The van der Waals surface area contributed by atoms with Gasteiger partial charge in [-0.3, -0.25) is 0 Å². The van der Waals surface area contributed by atoms with Crippen LogP contribution in [0, 0.1) is 11.3 Å². The molecule has 0 N–H and O–H groups in total. The van der Waals surface area contributed by atoms with Crippen LogP contribution < -0.4 is 15.9 Å². The Hall–Kier alpha value is -2.77. The van der Waals surface area contributed by atoms with Crippen LogP contribution in [0.1, 0.15) is 27.2 Å². The van der Waals surface area contributed by atoms with E-state index >= 15 is 0 Å². The molecule has 1 atom stereocenters. The van der Waals surface area contributed by atoms with E-state index in [4.69, 9.17) is 0 Å². The van der Waals surface area contributed by atoms with Crippen LogP contribution >= 0.6 is 7.26 Å². The Morgan fingerprint density at radius 1 is 0.742 bits per heavy atom. The van der Waals surface area contributed by atoms with Crippen molar-refractivity contribution in [3.05, 3.63) is 91.0 Å². The fourth-order valence-corrected chi connectivity index (χ4v) is 9.34. The quantitative estimate of drug-likeness (QED) is 0.451. The average Bonchev–Trinajstić information content (AvgIpc) is 3.07. The van der Waals surface area contributed by atoms with Crippen LogP contribution in [0.25, 0.3) is 0 Å². The minimum absolute atomic E-state index is 0.0304. The van der Waals surface area contributed by atoms with Crippen molar-refractivity contribution >= 4 is 35.0 Å². The predicted molar refractivity (Wildman–Crippen MR) is 131 cm³/mol. The summed E-state index contributed by atoms with van der Waals surface area (Å²) < 4.78 is 0. The number of nitrogens with zero attached hydrogens (tertiary/aromatic N) is 1. The Labute approximate surface area is 185 Å². The predicted octanol–water partition coefficient (Wildman–Crippen LogP) is 4.09. The summed E-state index contributed by atoms with van der Waals surface area (Å²) in [6.45, 7) is 6.13. The summed E-state index contributed by atoms with van der Waals surface area (Å²) in [7, 11) is -2.68. The van der Waals surface area contributed by atoms with Crippen molar-refractivity contribution < 1.29 is 9.59 Å². The number of carbonyl (C=O) groups is 2. The van der Waals surface area contributed by atoms with Gasteiger partial charge in [0.05, 0.1) is 0 Å². The van der Waals surface area contributed by atoms with Gasteiger partial charge in [0.15, 0.2) is 0 Å². The molecule has 3 nitrogen and oxygen atoms in total. The molecule has 0 radical (unpaired) electrons. The van der Waals surface area contributed by atoms with Gasteiger partial charge in [-0.1, -0.05) is 0 Å². The number of amides is 2. The minimum atomic E-state index is -2.68. The molecule has 2 amide bonds. The van der Waals surface area contributed by atoms with Crippen molar-refractivity contribution in [3.8, 4) is 0 Å². The summed E-state index contributed by atoms with van der Waals surface area (Å²) in [6, 6.07) is 31.3. The van der Waals surface area contributed by atoms with Gasteiger partial charge in [0, 0.05) is 0 Å².